The molecule has 0 unspecified atom stereocenters. The molecule has 0 saturated carbocycles. The van der Waals surface area contributed by atoms with Crippen molar-refractivity contribution in [3.63, 3.8) is 0 Å². The largest absolute Gasteiger partial charge is 0.500 e. The first-order chi connectivity index (χ1) is 9.11. The van der Waals surface area contributed by atoms with Gasteiger partial charge in [-0.3, -0.25) is 10.1 Å². The summed E-state index contributed by atoms with van der Waals surface area (Å²) in [6, 6.07) is 2.39. The highest BCUT2D eigenvalue weighted by Crippen LogP contribution is 2.39. The van der Waals surface area contributed by atoms with E-state index in [0.717, 1.165) is 6.07 Å². The lowest BCUT2D eigenvalue weighted by Crippen LogP contribution is -1.91. The van der Waals surface area contributed by atoms with Gasteiger partial charge in [-0.2, -0.15) is 4.68 Å². The van der Waals surface area contributed by atoms with Gasteiger partial charge in [0.05, 0.1) is 17.7 Å². The van der Waals surface area contributed by atoms with Gasteiger partial charge in [0.15, 0.2) is 5.75 Å². The summed E-state index contributed by atoms with van der Waals surface area (Å²) in [5.74, 6) is -0.623. The molecule has 0 aliphatic carbocycles. The van der Waals surface area contributed by atoms with Crippen LogP contribution >= 0.6 is 0 Å². The molecule has 0 saturated heterocycles. The molecular weight excluding hydrogens is 256 g/mol. The van der Waals surface area contributed by atoms with E-state index in [2.05, 4.69) is 20.5 Å². The molecule has 98 valence electrons. The van der Waals surface area contributed by atoms with Gasteiger partial charge in [0.2, 0.25) is 5.75 Å². The molecule has 10 nitrogen and oxygen atoms in total. The number of methoxy groups -OCH3 is 1. The van der Waals surface area contributed by atoms with Crippen LogP contribution in [-0.4, -0.2) is 32.0 Å². The molecule has 2 aromatic rings. The third kappa shape index (κ3) is 2.62. The van der Waals surface area contributed by atoms with Crippen molar-refractivity contribution in [3.8, 4) is 11.5 Å². The van der Waals surface area contributed by atoms with E-state index in [0.29, 0.717) is 0 Å². The van der Waals surface area contributed by atoms with Crippen LogP contribution in [-0.2, 0) is 0 Å². The summed E-state index contributed by atoms with van der Waals surface area (Å²) in [7, 11) is 1.28. The molecule has 0 amide bonds. The lowest BCUT2D eigenvalue weighted by Gasteiger charge is -2.04. The number of phenolic OH excluding ortho intramolecular Hbond substituents is 1. The van der Waals surface area contributed by atoms with Crippen molar-refractivity contribution in [1.82, 2.24) is 14.9 Å². The maximum absolute atomic E-state index is 10.8. The maximum atomic E-state index is 10.8. The highest BCUT2D eigenvalue weighted by molar-refractivity contribution is 5.62. The fraction of sp³-hybridized carbons (Fsp3) is 0.111. The zero-order chi connectivity index (χ0) is 13.8. The monoisotopic (exact) mass is 264 g/mol. The van der Waals surface area contributed by atoms with Gasteiger partial charge in [-0.05, 0) is 0 Å². The molecule has 0 fully saturated rings. The molecule has 0 aliphatic rings. The molecule has 0 atom stereocenters. The molecule has 0 aliphatic heterocycles. The Morgan fingerprint density at radius 2 is 2.11 bits per heavy atom. The molecule has 0 bridgehead atoms. The highest BCUT2D eigenvalue weighted by atomic mass is 16.6. The zero-order valence-corrected chi connectivity index (χ0v) is 9.66. The van der Waals surface area contributed by atoms with Crippen LogP contribution in [0.25, 0.3) is 0 Å². The molecule has 1 aromatic carbocycles. The number of nitrogens with zero attached hydrogens (tertiary/aromatic N) is 6. The van der Waals surface area contributed by atoms with Gasteiger partial charge >= 0.3 is 5.69 Å². The van der Waals surface area contributed by atoms with Crippen LogP contribution in [0.15, 0.2) is 35.1 Å². The summed E-state index contributed by atoms with van der Waals surface area (Å²) in [4.78, 5) is 10.0. The van der Waals surface area contributed by atoms with E-state index >= 15 is 0 Å². The normalized spacial score (nSPS) is 10.8. The van der Waals surface area contributed by atoms with Crippen molar-refractivity contribution < 1.29 is 14.8 Å². The molecule has 0 radical (unpaired) electrons. The number of hydrogen-bond donors (Lipinski definition) is 1. The highest BCUT2D eigenvalue weighted by Gasteiger charge is 2.19. The van der Waals surface area contributed by atoms with Gasteiger partial charge in [0.25, 0.3) is 0 Å². The quantitative estimate of drug-likeness (QED) is 0.505. The van der Waals surface area contributed by atoms with Gasteiger partial charge in [-0.1, -0.05) is 5.22 Å². The van der Waals surface area contributed by atoms with E-state index in [1.807, 2.05) is 0 Å². The number of hydrogen-bond acceptors (Lipinski definition) is 8. The average molecular weight is 264 g/mol. The second kappa shape index (κ2) is 5.08. The smallest absolute Gasteiger partial charge is 0.316 e. The number of nitro benzene ring substituents is 1. The fourth-order valence-corrected chi connectivity index (χ4v) is 1.28. The Balaban J connectivity index is 2.41. The fourth-order valence-electron chi connectivity index (χ4n) is 1.28. The van der Waals surface area contributed by atoms with Crippen molar-refractivity contribution in [2.75, 3.05) is 7.11 Å². The zero-order valence-electron chi connectivity index (χ0n) is 9.66. The van der Waals surface area contributed by atoms with Crippen molar-refractivity contribution >= 4 is 11.4 Å². The van der Waals surface area contributed by atoms with Crippen LogP contribution in [0.4, 0.5) is 11.4 Å². The molecule has 2 rings (SSSR count). The minimum absolute atomic E-state index is 0.0630. The second-order valence-corrected chi connectivity index (χ2v) is 3.30. The molecule has 1 N–H and O–H groups in total. The lowest BCUT2D eigenvalue weighted by atomic mass is 10.2. The van der Waals surface area contributed by atoms with E-state index in [-0.39, 0.29) is 11.4 Å². The van der Waals surface area contributed by atoms with E-state index < -0.39 is 16.4 Å². The summed E-state index contributed by atoms with van der Waals surface area (Å²) in [5, 5.41) is 34.8. The third-order valence-electron chi connectivity index (χ3n) is 2.13. The first-order valence-electron chi connectivity index (χ1n) is 4.94. The van der Waals surface area contributed by atoms with Gasteiger partial charge < -0.3 is 9.84 Å². The van der Waals surface area contributed by atoms with Crippen molar-refractivity contribution in [2.45, 2.75) is 0 Å². The summed E-state index contributed by atoms with van der Waals surface area (Å²) >= 11 is 0. The van der Waals surface area contributed by atoms with Crippen LogP contribution in [0.5, 0.6) is 11.5 Å². The van der Waals surface area contributed by atoms with Crippen LogP contribution < -0.4 is 4.74 Å². The minimum Gasteiger partial charge on any atom is -0.500 e. The van der Waals surface area contributed by atoms with E-state index in [1.54, 1.807) is 0 Å². The van der Waals surface area contributed by atoms with Crippen LogP contribution in [0.3, 0.4) is 0 Å². The Morgan fingerprint density at radius 1 is 1.42 bits per heavy atom. The van der Waals surface area contributed by atoms with Crippen molar-refractivity contribution in [1.29, 1.82) is 0 Å². The van der Waals surface area contributed by atoms with Gasteiger partial charge in [-0.15, -0.1) is 15.3 Å². The molecule has 0 spiro atoms. The average Bonchev–Trinajstić information content (AvgIpc) is 2.90. The predicted molar refractivity (Wildman–Crippen MR) is 61.2 cm³/mol. The van der Waals surface area contributed by atoms with Crippen LogP contribution in [0, 0.1) is 10.1 Å². The Kier molecular flexibility index (Phi) is 3.32. The number of aromatic nitrogens is 3. The number of aromatic hydroxyl groups is 1. The minimum atomic E-state index is -0.740. The Bertz CT molecular complexity index is 624. The van der Waals surface area contributed by atoms with Gasteiger partial charge in [0, 0.05) is 12.1 Å². The number of benzene rings is 1. The molecule has 10 heteroatoms. The number of phenols is 1. The van der Waals surface area contributed by atoms with Crippen molar-refractivity contribution in [3.05, 3.63) is 34.9 Å². The summed E-state index contributed by atoms with van der Waals surface area (Å²) in [5.41, 5.74) is -0.368. The Labute approximate surface area is 106 Å². The third-order valence-corrected chi connectivity index (χ3v) is 2.13. The molecular formula is C9H8N6O4. The number of nitro groups is 1. The molecule has 19 heavy (non-hydrogen) atoms. The summed E-state index contributed by atoms with van der Waals surface area (Å²) in [6.07, 6.45) is 2.60. The Morgan fingerprint density at radius 3 is 2.68 bits per heavy atom. The first kappa shape index (κ1) is 12.4. The predicted octanol–water partition coefficient (Wildman–Crippen LogP) is 1.45. The Hall–Kier alpha value is -3.04. The van der Waals surface area contributed by atoms with Crippen LogP contribution in [0.2, 0.25) is 0 Å². The lowest BCUT2D eigenvalue weighted by molar-refractivity contribution is -0.385. The van der Waals surface area contributed by atoms with E-state index in [1.165, 1.54) is 30.5 Å². The van der Waals surface area contributed by atoms with Crippen LogP contribution in [0.1, 0.15) is 0 Å². The SMILES string of the molecule is COc1cc(N=Nn2cnnc2)cc([N+](=O)[O-])c1O. The standard InChI is InChI=1S/C9H8N6O4/c1-19-8-3-6(2-7(9(8)16)15(17)18)12-13-14-4-10-11-5-14/h2-5,16H,1H3. The maximum Gasteiger partial charge on any atom is 0.316 e. The molecule has 1 heterocycles. The van der Waals surface area contributed by atoms with E-state index in [9.17, 15) is 15.2 Å². The second-order valence-electron chi connectivity index (χ2n) is 3.30. The first-order valence-corrected chi connectivity index (χ1v) is 4.94. The summed E-state index contributed by atoms with van der Waals surface area (Å²) in [6.45, 7) is 0. The van der Waals surface area contributed by atoms with Gasteiger partial charge in [-0.25, -0.2) is 0 Å². The number of rotatable bonds is 4. The van der Waals surface area contributed by atoms with Gasteiger partial charge in [0.1, 0.15) is 12.7 Å². The molecule has 1 aromatic heterocycles. The van der Waals surface area contributed by atoms with E-state index in [4.69, 9.17) is 4.74 Å². The summed E-state index contributed by atoms with van der Waals surface area (Å²) < 4.78 is 6.04. The topological polar surface area (TPSA) is 128 Å². The van der Waals surface area contributed by atoms with Crippen molar-refractivity contribution in [2.24, 2.45) is 10.3 Å². The number of ether oxygens (including phenoxy) is 1.